The van der Waals surface area contributed by atoms with E-state index in [1.165, 1.54) is 11.1 Å². The van der Waals surface area contributed by atoms with E-state index in [0.29, 0.717) is 11.8 Å². The maximum atomic E-state index is 11.1. The van der Waals surface area contributed by atoms with E-state index in [0.717, 1.165) is 45.3 Å². The first kappa shape index (κ1) is 16.6. The summed E-state index contributed by atoms with van der Waals surface area (Å²) in [7, 11) is 0. The number of aromatic nitrogens is 1. The summed E-state index contributed by atoms with van der Waals surface area (Å²) in [6.45, 7) is 3.20. The first-order valence-electron chi connectivity index (χ1n) is 9.26. The number of H-pyrrole nitrogens is 1. The largest absolute Gasteiger partial charge is 0.390 e. The molecular formula is C21H26N2O2. The maximum Gasteiger partial charge on any atom is 0.247 e. The van der Waals surface area contributed by atoms with Crippen molar-refractivity contribution >= 4 is 0 Å². The summed E-state index contributed by atoms with van der Waals surface area (Å²) < 4.78 is 0. The van der Waals surface area contributed by atoms with Crippen molar-refractivity contribution in [1.82, 2.24) is 9.88 Å². The standard InChI is InChI=1S/C21H26N2O2/c24-20-7-6-17(13-22-20)8-9-23-14-18-11-21(25,12-19(18)15-23)10-16-4-2-1-3-5-16/h1-7,13,18-19,25H,8-12,14-15H2,(H,22,24)/t18-,19+,21?. The van der Waals surface area contributed by atoms with Crippen molar-refractivity contribution in [2.45, 2.75) is 31.3 Å². The highest BCUT2D eigenvalue weighted by Gasteiger charge is 2.47. The van der Waals surface area contributed by atoms with Gasteiger partial charge in [-0.15, -0.1) is 0 Å². The molecule has 1 aliphatic heterocycles. The van der Waals surface area contributed by atoms with Crippen LogP contribution >= 0.6 is 0 Å². The van der Waals surface area contributed by atoms with Crippen molar-refractivity contribution in [2.24, 2.45) is 11.8 Å². The van der Waals surface area contributed by atoms with Gasteiger partial charge in [-0.2, -0.15) is 0 Å². The van der Waals surface area contributed by atoms with Gasteiger partial charge < -0.3 is 15.0 Å². The van der Waals surface area contributed by atoms with E-state index in [1.54, 1.807) is 6.07 Å². The molecule has 2 aromatic rings. The number of fused-ring (bicyclic) bond motifs is 1. The third-order valence-corrected chi connectivity index (χ3v) is 5.88. The monoisotopic (exact) mass is 338 g/mol. The predicted molar refractivity (Wildman–Crippen MR) is 98.5 cm³/mol. The minimum absolute atomic E-state index is 0.0443. The van der Waals surface area contributed by atoms with Gasteiger partial charge in [0.1, 0.15) is 0 Å². The number of likely N-dealkylation sites (tertiary alicyclic amines) is 1. The molecule has 3 atom stereocenters. The Balaban J connectivity index is 1.30. The highest BCUT2D eigenvalue weighted by molar-refractivity contribution is 5.18. The average Bonchev–Trinajstić information content (AvgIpc) is 3.09. The van der Waals surface area contributed by atoms with E-state index in [-0.39, 0.29) is 5.56 Å². The smallest absolute Gasteiger partial charge is 0.247 e. The van der Waals surface area contributed by atoms with Crippen LogP contribution in [0.1, 0.15) is 24.0 Å². The molecule has 0 radical (unpaired) electrons. The van der Waals surface area contributed by atoms with Crippen molar-refractivity contribution in [2.75, 3.05) is 19.6 Å². The van der Waals surface area contributed by atoms with Crippen LogP contribution in [0.3, 0.4) is 0 Å². The van der Waals surface area contributed by atoms with Crippen LogP contribution in [0.15, 0.2) is 53.5 Å². The van der Waals surface area contributed by atoms with E-state index >= 15 is 0 Å². The SMILES string of the molecule is O=c1ccc(CCN2C[C@@H]3CC(O)(Cc4ccccc4)C[C@@H]3C2)c[nH]1. The van der Waals surface area contributed by atoms with Crippen LogP contribution < -0.4 is 5.56 Å². The topological polar surface area (TPSA) is 56.3 Å². The molecule has 2 N–H and O–H groups in total. The zero-order chi connectivity index (χ0) is 17.3. The van der Waals surface area contributed by atoms with Crippen molar-refractivity contribution < 1.29 is 5.11 Å². The van der Waals surface area contributed by atoms with Gasteiger partial charge in [0.05, 0.1) is 5.60 Å². The number of rotatable bonds is 5. The van der Waals surface area contributed by atoms with Crippen molar-refractivity contribution in [3.8, 4) is 0 Å². The molecule has 132 valence electrons. The summed E-state index contributed by atoms with van der Waals surface area (Å²) in [5, 5.41) is 11.0. The number of hydrogen-bond donors (Lipinski definition) is 2. The fourth-order valence-electron chi connectivity index (χ4n) is 4.75. The number of benzene rings is 1. The lowest BCUT2D eigenvalue weighted by Gasteiger charge is -2.26. The highest BCUT2D eigenvalue weighted by atomic mass is 16.3. The zero-order valence-corrected chi connectivity index (χ0v) is 14.5. The molecule has 1 unspecified atom stereocenters. The second kappa shape index (κ2) is 6.77. The Morgan fingerprint density at radius 3 is 2.40 bits per heavy atom. The van der Waals surface area contributed by atoms with Crippen LogP contribution in [0.25, 0.3) is 0 Å². The van der Waals surface area contributed by atoms with Gasteiger partial charge in [-0.3, -0.25) is 4.79 Å². The fourth-order valence-corrected chi connectivity index (χ4v) is 4.75. The summed E-state index contributed by atoms with van der Waals surface area (Å²) in [6, 6.07) is 13.9. The van der Waals surface area contributed by atoms with Gasteiger partial charge in [-0.25, -0.2) is 0 Å². The minimum Gasteiger partial charge on any atom is -0.390 e. The number of aliphatic hydroxyl groups is 1. The van der Waals surface area contributed by atoms with Crippen LogP contribution in [0, 0.1) is 11.8 Å². The Morgan fingerprint density at radius 1 is 1.04 bits per heavy atom. The van der Waals surface area contributed by atoms with Crippen LogP contribution in [0.2, 0.25) is 0 Å². The van der Waals surface area contributed by atoms with E-state index in [9.17, 15) is 9.90 Å². The molecule has 0 spiro atoms. The number of nitrogens with zero attached hydrogens (tertiary/aromatic N) is 1. The molecule has 4 heteroatoms. The van der Waals surface area contributed by atoms with Crippen molar-refractivity contribution in [3.63, 3.8) is 0 Å². The lowest BCUT2D eigenvalue weighted by atomic mass is 9.91. The van der Waals surface area contributed by atoms with Crippen LogP contribution in [-0.4, -0.2) is 40.2 Å². The third kappa shape index (κ3) is 3.86. The molecule has 25 heavy (non-hydrogen) atoms. The molecule has 1 saturated carbocycles. The molecule has 2 aliphatic rings. The normalized spacial score (nSPS) is 29.0. The quantitative estimate of drug-likeness (QED) is 0.879. The van der Waals surface area contributed by atoms with Crippen molar-refractivity contribution in [3.05, 3.63) is 70.1 Å². The van der Waals surface area contributed by atoms with Gasteiger partial charge >= 0.3 is 0 Å². The first-order chi connectivity index (χ1) is 12.1. The summed E-state index contributed by atoms with van der Waals surface area (Å²) in [4.78, 5) is 16.4. The zero-order valence-electron chi connectivity index (χ0n) is 14.5. The van der Waals surface area contributed by atoms with Gasteiger partial charge in [-0.05, 0) is 42.2 Å². The predicted octanol–water partition coefficient (Wildman–Crippen LogP) is 2.23. The number of aromatic amines is 1. The maximum absolute atomic E-state index is 11.1. The van der Waals surface area contributed by atoms with Gasteiger partial charge in [0.2, 0.25) is 5.56 Å². The molecule has 2 fully saturated rings. The molecular weight excluding hydrogens is 312 g/mol. The lowest BCUT2D eigenvalue weighted by Crippen LogP contribution is -2.32. The summed E-state index contributed by atoms with van der Waals surface area (Å²) in [6.07, 6.45) is 5.39. The Morgan fingerprint density at radius 2 is 1.76 bits per heavy atom. The van der Waals surface area contributed by atoms with Crippen LogP contribution in [-0.2, 0) is 12.8 Å². The number of pyridine rings is 1. The molecule has 0 amide bonds. The summed E-state index contributed by atoms with van der Waals surface area (Å²) in [5.74, 6) is 1.23. The number of hydrogen-bond acceptors (Lipinski definition) is 3. The van der Waals surface area contributed by atoms with Gasteiger partial charge in [-0.1, -0.05) is 36.4 Å². The van der Waals surface area contributed by atoms with Crippen LogP contribution in [0.5, 0.6) is 0 Å². The Labute approximate surface area is 148 Å². The molecule has 1 aromatic carbocycles. The molecule has 2 heterocycles. The molecule has 4 rings (SSSR count). The highest BCUT2D eigenvalue weighted by Crippen LogP contribution is 2.45. The second-order valence-electron chi connectivity index (χ2n) is 7.89. The van der Waals surface area contributed by atoms with Crippen LogP contribution in [0.4, 0.5) is 0 Å². The number of nitrogens with one attached hydrogen (secondary N) is 1. The minimum atomic E-state index is -0.526. The molecule has 4 nitrogen and oxygen atoms in total. The van der Waals surface area contributed by atoms with Gasteiger partial charge in [0.25, 0.3) is 0 Å². The van der Waals surface area contributed by atoms with E-state index in [4.69, 9.17) is 0 Å². The van der Waals surface area contributed by atoms with Crippen molar-refractivity contribution in [1.29, 1.82) is 0 Å². The third-order valence-electron chi connectivity index (χ3n) is 5.88. The molecule has 1 aromatic heterocycles. The van der Waals surface area contributed by atoms with E-state index in [1.807, 2.05) is 30.5 Å². The first-order valence-corrected chi connectivity index (χ1v) is 9.26. The summed E-state index contributed by atoms with van der Waals surface area (Å²) in [5.41, 5.74) is 1.84. The van der Waals surface area contributed by atoms with E-state index in [2.05, 4.69) is 22.0 Å². The molecule has 1 saturated heterocycles. The average molecular weight is 338 g/mol. The lowest BCUT2D eigenvalue weighted by molar-refractivity contribution is 0.0355. The Bertz CT molecular complexity index is 736. The van der Waals surface area contributed by atoms with Gasteiger partial charge in [0, 0.05) is 38.3 Å². The van der Waals surface area contributed by atoms with Gasteiger partial charge in [0.15, 0.2) is 0 Å². The second-order valence-corrected chi connectivity index (χ2v) is 7.89. The summed E-state index contributed by atoms with van der Waals surface area (Å²) >= 11 is 0. The molecule has 0 bridgehead atoms. The molecule has 1 aliphatic carbocycles. The fraction of sp³-hybridized carbons (Fsp3) is 0.476. The van der Waals surface area contributed by atoms with E-state index < -0.39 is 5.60 Å². The Kier molecular flexibility index (Phi) is 4.48. The Hall–Kier alpha value is -1.91.